The number of hydrogen-bond donors (Lipinski definition) is 0. The van der Waals surface area contributed by atoms with Crippen LogP contribution in [-0.4, -0.2) is 13.7 Å². The summed E-state index contributed by atoms with van der Waals surface area (Å²) in [4.78, 5) is 0. The SMILES string of the molecule is COCC1CC2(C)CC12. The predicted molar refractivity (Wildman–Crippen MR) is 36.2 cm³/mol. The molecule has 0 aromatic heterocycles. The maximum absolute atomic E-state index is 5.09. The average molecular weight is 126 g/mol. The average Bonchev–Trinajstić information content (AvgIpc) is 2.33. The molecule has 1 nitrogen and oxygen atoms in total. The highest BCUT2D eigenvalue weighted by molar-refractivity contribution is 5.12. The largest absolute Gasteiger partial charge is 0.384 e. The lowest BCUT2D eigenvalue weighted by Gasteiger charge is -2.31. The quantitative estimate of drug-likeness (QED) is 0.547. The second-order valence-corrected chi connectivity index (χ2v) is 3.88. The van der Waals surface area contributed by atoms with Crippen LogP contribution in [-0.2, 0) is 4.74 Å². The van der Waals surface area contributed by atoms with Crippen molar-refractivity contribution < 1.29 is 4.74 Å². The summed E-state index contributed by atoms with van der Waals surface area (Å²) in [7, 11) is 1.80. The van der Waals surface area contributed by atoms with Crippen molar-refractivity contribution in [2.24, 2.45) is 17.3 Å². The summed E-state index contributed by atoms with van der Waals surface area (Å²) >= 11 is 0. The Bertz CT molecular complexity index is 133. The number of fused-ring (bicyclic) bond motifs is 1. The van der Waals surface area contributed by atoms with Gasteiger partial charge in [-0.05, 0) is 30.1 Å². The molecule has 9 heavy (non-hydrogen) atoms. The zero-order valence-electron chi connectivity index (χ0n) is 6.18. The van der Waals surface area contributed by atoms with Crippen molar-refractivity contribution in [3.8, 4) is 0 Å². The molecule has 0 heterocycles. The molecule has 0 saturated heterocycles. The van der Waals surface area contributed by atoms with E-state index in [9.17, 15) is 0 Å². The van der Waals surface area contributed by atoms with E-state index in [4.69, 9.17) is 4.74 Å². The third kappa shape index (κ3) is 0.644. The van der Waals surface area contributed by atoms with Gasteiger partial charge in [0, 0.05) is 13.7 Å². The molecule has 2 aliphatic carbocycles. The van der Waals surface area contributed by atoms with Crippen LogP contribution in [0.2, 0.25) is 0 Å². The molecule has 2 aliphatic rings. The highest BCUT2D eigenvalue weighted by Crippen LogP contribution is 2.70. The van der Waals surface area contributed by atoms with Gasteiger partial charge >= 0.3 is 0 Å². The zero-order chi connectivity index (χ0) is 6.48. The van der Waals surface area contributed by atoms with Crippen LogP contribution in [0.4, 0.5) is 0 Å². The van der Waals surface area contributed by atoms with Gasteiger partial charge in [0.05, 0.1) is 0 Å². The third-order valence-corrected chi connectivity index (χ3v) is 3.10. The first-order valence-electron chi connectivity index (χ1n) is 3.75. The van der Waals surface area contributed by atoms with E-state index in [1.165, 1.54) is 12.8 Å². The molecule has 0 aliphatic heterocycles. The van der Waals surface area contributed by atoms with E-state index >= 15 is 0 Å². The topological polar surface area (TPSA) is 9.23 Å². The first-order chi connectivity index (χ1) is 4.26. The van der Waals surface area contributed by atoms with Gasteiger partial charge in [-0.2, -0.15) is 0 Å². The monoisotopic (exact) mass is 126 g/mol. The highest BCUT2D eigenvalue weighted by Gasteiger charge is 2.63. The number of ether oxygens (including phenoxy) is 1. The number of methoxy groups -OCH3 is 1. The third-order valence-electron chi connectivity index (χ3n) is 3.10. The van der Waals surface area contributed by atoms with Gasteiger partial charge in [0.15, 0.2) is 0 Å². The minimum absolute atomic E-state index is 0.781. The standard InChI is InChI=1S/C8H14O/c1-8-3-6(5-9-2)7(8)4-8/h6-7H,3-5H2,1-2H3. The van der Waals surface area contributed by atoms with Gasteiger partial charge in [0.1, 0.15) is 0 Å². The zero-order valence-corrected chi connectivity index (χ0v) is 6.18. The molecule has 0 N–H and O–H groups in total. The number of hydrogen-bond acceptors (Lipinski definition) is 1. The molecule has 0 aromatic carbocycles. The maximum atomic E-state index is 5.09. The summed E-state index contributed by atoms with van der Waals surface area (Å²) in [5.41, 5.74) is 0.781. The lowest BCUT2D eigenvalue weighted by molar-refractivity contribution is 0.0741. The van der Waals surface area contributed by atoms with Gasteiger partial charge in [0.2, 0.25) is 0 Å². The molecule has 0 amide bonds. The molecule has 1 heteroatoms. The molecule has 2 saturated carbocycles. The first-order valence-corrected chi connectivity index (χ1v) is 3.75. The summed E-state index contributed by atoms with van der Waals surface area (Å²) < 4.78 is 5.09. The molecular weight excluding hydrogens is 112 g/mol. The summed E-state index contributed by atoms with van der Waals surface area (Å²) in [6.07, 6.45) is 2.90. The minimum atomic E-state index is 0.781. The second-order valence-electron chi connectivity index (χ2n) is 3.88. The first kappa shape index (κ1) is 5.72. The Kier molecular flexibility index (Phi) is 0.963. The van der Waals surface area contributed by atoms with E-state index in [-0.39, 0.29) is 0 Å². The highest BCUT2D eigenvalue weighted by atomic mass is 16.5. The van der Waals surface area contributed by atoms with Crippen LogP contribution < -0.4 is 0 Å². The summed E-state index contributed by atoms with van der Waals surface area (Å²) in [5.74, 6) is 1.96. The summed E-state index contributed by atoms with van der Waals surface area (Å²) in [6, 6.07) is 0. The molecule has 0 radical (unpaired) electrons. The molecule has 52 valence electrons. The summed E-state index contributed by atoms with van der Waals surface area (Å²) in [6.45, 7) is 3.39. The minimum Gasteiger partial charge on any atom is -0.384 e. The van der Waals surface area contributed by atoms with Crippen molar-refractivity contribution in [3.63, 3.8) is 0 Å². The van der Waals surface area contributed by atoms with Gasteiger partial charge in [-0.1, -0.05) is 6.92 Å². The fourth-order valence-corrected chi connectivity index (χ4v) is 2.38. The molecule has 3 atom stereocenters. The van der Waals surface area contributed by atoms with Crippen LogP contribution in [0.3, 0.4) is 0 Å². The van der Waals surface area contributed by atoms with E-state index in [0.29, 0.717) is 0 Å². The van der Waals surface area contributed by atoms with Crippen LogP contribution in [0.25, 0.3) is 0 Å². The van der Waals surface area contributed by atoms with Crippen molar-refractivity contribution in [3.05, 3.63) is 0 Å². The fourth-order valence-electron chi connectivity index (χ4n) is 2.38. The Labute approximate surface area is 56.4 Å². The molecule has 0 spiro atoms. The second kappa shape index (κ2) is 1.51. The predicted octanol–water partition coefficient (Wildman–Crippen LogP) is 1.68. The molecule has 0 aromatic rings. The Morgan fingerprint density at radius 1 is 1.56 bits per heavy atom. The van der Waals surface area contributed by atoms with Crippen molar-refractivity contribution in [2.45, 2.75) is 19.8 Å². The lowest BCUT2D eigenvalue weighted by Crippen LogP contribution is -2.27. The summed E-state index contributed by atoms with van der Waals surface area (Å²) in [5, 5.41) is 0. The van der Waals surface area contributed by atoms with Gasteiger partial charge in [0.25, 0.3) is 0 Å². The van der Waals surface area contributed by atoms with Crippen LogP contribution in [0.1, 0.15) is 19.8 Å². The molecule has 2 rings (SSSR count). The van der Waals surface area contributed by atoms with E-state index in [0.717, 1.165) is 23.9 Å². The lowest BCUT2D eigenvalue weighted by atomic mass is 9.77. The van der Waals surface area contributed by atoms with E-state index in [2.05, 4.69) is 6.92 Å². The Hall–Kier alpha value is -0.0400. The van der Waals surface area contributed by atoms with Crippen LogP contribution in [0.5, 0.6) is 0 Å². The van der Waals surface area contributed by atoms with E-state index in [1.54, 1.807) is 7.11 Å². The van der Waals surface area contributed by atoms with Gasteiger partial charge < -0.3 is 4.74 Å². The van der Waals surface area contributed by atoms with Crippen molar-refractivity contribution in [1.29, 1.82) is 0 Å². The number of rotatable bonds is 2. The van der Waals surface area contributed by atoms with Crippen molar-refractivity contribution >= 4 is 0 Å². The Morgan fingerprint density at radius 2 is 2.33 bits per heavy atom. The van der Waals surface area contributed by atoms with E-state index < -0.39 is 0 Å². The van der Waals surface area contributed by atoms with Gasteiger partial charge in [-0.3, -0.25) is 0 Å². The molecule has 3 unspecified atom stereocenters. The van der Waals surface area contributed by atoms with Gasteiger partial charge in [-0.15, -0.1) is 0 Å². The molecule has 2 fully saturated rings. The fraction of sp³-hybridized carbons (Fsp3) is 1.00. The van der Waals surface area contributed by atoms with E-state index in [1.807, 2.05) is 0 Å². The molecular formula is C8H14O. The van der Waals surface area contributed by atoms with Gasteiger partial charge in [-0.25, -0.2) is 0 Å². The normalized spacial score (nSPS) is 54.0. The smallest absolute Gasteiger partial charge is 0.0493 e. The molecule has 0 bridgehead atoms. The Morgan fingerprint density at radius 3 is 2.67 bits per heavy atom. The van der Waals surface area contributed by atoms with Crippen LogP contribution >= 0.6 is 0 Å². The van der Waals surface area contributed by atoms with Crippen LogP contribution in [0, 0.1) is 17.3 Å². The van der Waals surface area contributed by atoms with Crippen molar-refractivity contribution in [1.82, 2.24) is 0 Å². The Balaban J connectivity index is 1.82. The van der Waals surface area contributed by atoms with Crippen molar-refractivity contribution in [2.75, 3.05) is 13.7 Å². The maximum Gasteiger partial charge on any atom is 0.0493 e. The van der Waals surface area contributed by atoms with Crippen LogP contribution in [0.15, 0.2) is 0 Å².